The fourth-order valence-corrected chi connectivity index (χ4v) is 1.47. The van der Waals surface area contributed by atoms with Gasteiger partial charge in [0.15, 0.2) is 0 Å². The molecule has 0 saturated carbocycles. The van der Waals surface area contributed by atoms with Gasteiger partial charge in [0.25, 0.3) is 0 Å². The van der Waals surface area contributed by atoms with E-state index in [1.165, 1.54) is 16.9 Å². The summed E-state index contributed by atoms with van der Waals surface area (Å²) in [6.45, 7) is 1.73. The highest BCUT2D eigenvalue weighted by molar-refractivity contribution is 6.20. The van der Waals surface area contributed by atoms with Gasteiger partial charge in [0.2, 0.25) is 5.82 Å². The quantitative estimate of drug-likeness (QED) is 0.488. The molecule has 0 saturated heterocycles. The number of nitro groups is 1. The Labute approximate surface area is 106 Å². The zero-order valence-corrected chi connectivity index (χ0v) is 10.0. The average molecular weight is 271 g/mol. The van der Waals surface area contributed by atoms with Gasteiger partial charge >= 0.3 is 5.69 Å². The standard InChI is InChI=1S/C10H8ClFN4O2/c1-6(11)9-5-15(14-13-9)7-2-3-8(12)10(4-7)16(17)18/h2-6H,1H3. The molecular weight excluding hydrogens is 263 g/mol. The van der Waals surface area contributed by atoms with Crippen LogP contribution in [0.15, 0.2) is 24.4 Å². The summed E-state index contributed by atoms with van der Waals surface area (Å²) in [6, 6.07) is 3.48. The first kappa shape index (κ1) is 12.4. The Hall–Kier alpha value is -2.02. The number of hydrogen-bond acceptors (Lipinski definition) is 4. The first-order valence-corrected chi connectivity index (χ1v) is 5.43. The van der Waals surface area contributed by atoms with Crippen LogP contribution in [0.1, 0.15) is 18.0 Å². The van der Waals surface area contributed by atoms with Crippen LogP contribution in [0.25, 0.3) is 5.69 Å². The van der Waals surface area contributed by atoms with Gasteiger partial charge in [-0.1, -0.05) is 5.21 Å². The topological polar surface area (TPSA) is 73.8 Å². The number of rotatable bonds is 3. The molecule has 8 heteroatoms. The van der Waals surface area contributed by atoms with Crippen molar-refractivity contribution >= 4 is 17.3 Å². The van der Waals surface area contributed by atoms with E-state index in [4.69, 9.17) is 11.6 Å². The molecule has 0 bridgehead atoms. The number of hydrogen-bond donors (Lipinski definition) is 0. The first-order chi connectivity index (χ1) is 8.49. The van der Waals surface area contributed by atoms with Gasteiger partial charge in [-0.3, -0.25) is 10.1 Å². The summed E-state index contributed by atoms with van der Waals surface area (Å²) in [5.74, 6) is -0.894. The predicted octanol–water partition coefficient (Wildman–Crippen LogP) is 2.61. The van der Waals surface area contributed by atoms with E-state index in [2.05, 4.69) is 10.3 Å². The summed E-state index contributed by atoms with van der Waals surface area (Å²) in [5, 5.41) is 17.9. The molecule has 1 aromatic heterocycles. The number of halogens is 2. The normalized spacial score (nSPS) is 12.4. The lowest BCUT2D eigenvalue weighted by atomic mass is 10.2. The van der Waals surface area contributed by atoms with Crippen molar-refractivity contribution in [3.63, 3.8) is 0 Å². The predicted molar refractivity (Wildman–Crippen MR) is 62.2 cm³/mol. The summed E-state index contributed by atoms with van der Waals surface area (Å²) in [5.41, 5.74) is 0.270. The van der Waals surface area contributed by atoms with Crippen molar-refractivity contribution in [2.45, 2.75) is 12.3 Å². The molecule has 2 aromatic rings. The van der Waals surface area contributed by atoms with Crippen molar-refractivity contribution in [3.05, 3.63) is 46.0 Å². The first-order valence-electron chi connectivity index (χ1n) is 4.99. The highest BCUT2D eigenvalue weighted by atomic mass is 35.5. The maximum Gasteiger partial charge on any atom is 0.306 e. The smallest absolute Gasteiger partial charge is 0.258 e. The molecule has 0 N–H and O–H groups in total. The molecule has 0 spiro atoms. The Balaban J connectivity index is 2.44. The molecule has 6 nitrogen and oxygen atoms in total. The molecule has 0 aliphatic heterocycles. The monoisotopic (exact) mass is 270 g/mol. The molecular formula is C10H8ClFN4O2. The molecule has 94 valence electrons. The van der Waals surface area contributed by atoms with Gasteiger partial charge in [-0.15, -0.1) is 16.7 Å². The van der Waals surface area contributed by atoms with Crippen LogP contribution in [-0.2, 0) is 0 Å². The van der Waals surface area contributed by atoms with Crippen LogP contribution >= 0.6 is 11.6 Å². The second-order valence-electron chi connectivity index (χ2n) is 3.60. The van der Waals surface area contributed by atoms with Gasteiger partial charge in [-0.25, -0.2) is 4.68 Å². The lowest BCUT2D eigenvalue weighted by Crippen LogP contribution is -1.98. The van der Waals surface area contributed by atoms with E-state index in [0.29, 0.717) is 11.4 Å². The summed E-state index contributed by atoms with van der Waals surface area (Å²) in [4.78, 5) is 9.83. The summed E-state index contributed by atoms with van der Waals surface area (Å²) >= 11 is 5.83. The van der Waals surface area contributed by atoms with Crippen LogP contribution in [0, 0.1) is 15.9 Å². The third kappa shape index (κ3) is 2.30. The van der Waals surface area contributed by atoms with Gasteiger partial charge in [-0.2, -0.15) is 4.39 Å². The lowest BCUT2D eigenvalue weighted by Gasteiger charge is -2.00. The van der Waals surface area contributed by atoms with Gasteiger partial charge in [0.05, 0.1) is 22.2 Å². The average Bonchev–Trinajstić information content (AvgIpc) is 2.78. The minimum absolute atomic E-state index is 0.325. The Morgan fingerprint density at radius 1 is 1.56 bits per heavy atom. The number of nitro benzene ring substituents is 1. The molecule has 0 amide bonds. The Morgan fingerprint density at radius 3 is 2.83 bits per heavy atom. The summed E-state index contributed by atoms with van der Waals surface area (Å²) in [7, 11) is 0. The molecule has 1 aromatic carbocycles. The zero-order valence-electron chi connectivity index (χ0n) is 9.25. The SMILES string of the molecule is CC(Cl)c1cn(-c2ccc(F)c([N+](=O)[O-])c2)nn1. The van der Waals surface area contributed by atoms with Crippen LogP contribution in [0.2, 0.25) is 0 Å². The molecule has 1 atom stereocenters. The summed E-state index contributed by atoms with van der Waals surface area (Å²) in [6.07, 6.45) is 1.54. The number of aromatic nitrogens is 3. The number of benzene rings is 1. The van der Waals surface area contributed by atoms with Crippen LogP contribution in [0.3, 0.4) is 0 Å². The maximum atomic E-state index is 13.2. The molecule has 1 heterocycles. The molecule has 0 aliphatic rings. The van der Waals surface area contributed by atoms with Crippen LogP contribution in [0.4, 0.5) is 10.1 Å². The van der Waals surface area contributed by atoms with Crippen molar-refractivity contribution < 1.29 is 9.31 Å². The van der Waals surface area contributed by atoms with Crippen LogP contribution < -0.4 is 0 Å². The lowest BCUT2D eigenvalue weighted by molar-refractivity contribution is -0.387. The van der Waals surface area contributed by atoms with Gasteiger partial charge in [0, 0.05) is 6.07 Å². The van der Waals surface area contributed by atoms with Crippen molar-refractivity contribution in [2.24, 2.45) is 0 Å². The van der Waals surface area contributed by atoms with E-state index in [-0.39, 0.29) is 5.38 Å². The maximum absolute atomic E-state index is 13.2. The third-order valence-electron chi connectivity index (χ3n) is 2.31. The Morgan fingerprint density at radius 2 is 2.28 bits per heavy atom. The van der Waals surface area contributed by atoms with E-state index in [1.807, 2.05) is 0 Å². The molecule has 2 rings (SSSR count). The minimum Gasteiger partial charge on any atom is -0.258 e. The highest BCUT2D eigenvalue weighted by Gasteiger charge is 2.16. The minimum atomic E-state index is -0.894. The molecule has 0 radical (unpaired) electrons. The summed E-state index contributed by atoms with van der Waals surface area (Å²) < 4.78 is 14.5. The Bertz CT molecular complexity index is 599. The Kier molecular flexibility index (Phi) is 3.24. The van der Waals surface area contributed by atoms with Crippen molar-refractivity contribution in [1.29, 1.82) is 0 Å². The largest absolute Gasteiger partial charge is 0.306 e. The van der Waals surface area contributed by atoms with Crippen molar-refractivity contribution in [2.75, 3.05) is 0 Å². The second-order valence-corrected chi connectivity index (χ2v) is 4.25. The third-order valence-corrected chi connectivity index (χ3v) is 2.53. The van der Waals surface area contributed by atoms with Crippen LogP contribution in [0.5, 0.6) is 0 Å². The van der Waals surface area contributed by atoms with Gasteiger partial charge < -0.3 is 0 Å². The zero-order chi connectivity index (χ0) is 13.3. The van der Waals surface area contributed by atoms with Crippen LogP contribution in [-0.4, -0.2) is 19.9 Å². The van der Waals surface area contributed by atoms with E-state index in [9.17, 15) is 14.5 Å². The van der Waals surface area contributed by atoms with Gasteiger partial charge in [0.1, 0.15) is 5.69 Å². The van der Waals surface area contributed by atoms with Crippen molar-refractivity contribution in [1.82, 2.24) is 15.0 Å². The second kappa shape index (κ2) is 4.69. The molecule has 0 fully saturated rings. The van der Waals surface area contributed by atoms with Crippen molar-refractivity contribution in [3.8, 4) is 5.69 Å². The highest BCUT2D eigenvalue weighted by Crippen LogP contribution is 2.22. The van der Waals surface area contributed by atoms with E-state index in [1.54, 1.807) is 6.92 Å². The fraction of sp³-hybridized carbons (Fsp3) is 0.200. The van der Waals surface area contributed by atoms with Gasteiger partial charge in [-0.05, 0) is 19.1 Å². The van der Waals surface area contributed by atoms with E-state index >= 15 is 0 Å². The molecule has 0 aliphatic carbocycles. The number of alkyl halides is 1. The molecule has 1 unspecified atom stereocenters. The molecule has 18 heavy (non-hydrogen) atoms. The fourth-order valence-electron chi connectivity index (χ4n) is 1.37. The number of nitrogens with zero attached hydrogens (tertiary/aromatic N) is 4. The van der Waals surface area contributed by atoms with E-state index in [0.717, 1.165) is 12.1 Å². The van der Waals surface area contributed by atoms with E-state index < -0.39 is 16.4 Å².